The van der Waals surface area contributed by atoms with Crippen LogP contribution in [0, 0.1) is 10.1 Å². The summed E-state index contributed by atoms with van der Waals surface area (Å²) in [5.41, 5.74) is 0.647. The minimum Gasteiger partial charge on any atom is -0.502 e. The van der Waals surface area contributed by atoms with E-state index in [-0.39, 0.29) is 11.3 Å². The highest BCUT2D eigenvalue weighted by Gasteiger charge is 2.31. The van der Waals surface area contributed by atoms with Crippen molar-refractivity contribution in [2.24, 2.45) is 4.99 Å². The molecule has 10 heteroatoms. The number of aliphatic imine (C=N–C) groups is 1. The van der Waals surface area contributed by atoms with Crippen molar-refractivity contribution < 1.29 is 27.9 Å². The Balaban J connectivity index is 1.75. The molecule has 0 saturated carbocycles. The second kappa shape index (κ2) is 10.1. The van der Waals surface area contributed by atoms with Crippen molar-refractivity contribution in [2.45, 2.75) is 12.6 Å². The number of halogens is 3. The molecule has 3 aromatic carbocycles. The van der Waals surface area contributed by atoms with Crippen molar-refractivity contribution in [2.75, 3.05) is 31.2 Å². The molecule has 3 aromatic rings. The minimum absolute atomic E-state index is 0.0375. The van der Waals surface area contributed by atoms with Gasteiger partial charge in [0, 0.05) is 30.9 Å². The molecular formula is C25H22F3N3O4. The van der Waals surface area contributed by atoms with Crippen LogP contribution in [-0.4, -0.2) is 42.5 Å². The Kier molecular flexibility index (Phi) is 7.02. The second-order valence-corrected chi connectivity index (χ2v) is 8.03. The third kappa shape index (κ3) is 5.78. The average Bonchev–Trinajstić information content (AvgIpc) is 2.84. The van der Waals surface area contributed by atoms with E-state index in [0.29, 0.717) is 44.0 Å². The van der Waals surface area contributed by atoms with Gasteiger partial charge in [-0.05, 0) is 41.8 Å². The van der Waals surface area contributed by atoms with E-state index in [1.807, 2.05) is 35.2 Å². The molecule has 0 amide bonds. The zero-order valence-electron chi connectivity index (χ0n) is 18.5. The number of nitro groups is 1. The Morgan fingerprint density at radius 2 is 1.77 bits per heavy atom. The van der Waals surface area contributed by atoms with E-state index in [4.69, 9.17) is 4.74 Å². The van der Waals surface area contributed by atoms with E-state index >= 15 is 0 Å². The van der Waals surface area contributed by atoms with Gasteiger partial charge >= 0.3 is 11.9 Å². The van der Waals surface area contributed by atoms with Crippen LogP contribution in [0.15, 0.2) is 65.7 Å². The molecule has 35 heavy (non-hydrogen) atoms. The largest absolute Gasteiger partial charge is 0.502 e. The molecule has 0 bridgehead atoms. The summed E-state index contributed by atoms with van der Waals surface area (Å²) in [6.07, 6.45) is -3.04. The number of anilines is 1. The lowest BCUT2D eigenvalue weighted by atomic mass is 10.0. The van der Waals surface area contributed by atoms with Crippen LogP contribution in [-0.2, 0) is 17.3 Å². The van der Waals surface area contributed by atoms with Crippen molar-refractivity contribution >= 4 is 23.3 Å². The SMILES string of the molecule is O=[N+]([O-])c1cc(Cc2ccccc2)cc(C=Nc2cc(C(F)(F)F)ccc2N2CCOCC2)c1O. The molecule has 0 radical (unpaired) electrons. The number of phenols is 1. The van der Waals surface area contributed by atoms with E-state index in [2.05, 4.69) is 4.99 Å². The molecule has 0 atom stereocenters. The molecule has 182 valence electrons. The molecule has 1 aliphatic heterocycles. The van der Waals surface area contributed by atoms with Gasteiger partial charge in [0.1, 0.15) is 0 Å². The Morgan fingerprint density at radius 1 is 1.06 bits per heavy atom. The number of rotatable bonds is 6. The molecule has 0 unspecified atom stereocenters. The average molecular weight is 485 g/mol. The summed E-state index contributed by atoms with van der Waals surface area (Å²) in [7, 11) is 0. The van der Waals surface area contributed by atoms with Gasteiger partial charge in [-0.25, -0.2) is 0 Å². The molecule has 1 saturated heterocycles. The lowest BCUT2D eigenvalue weighted by Crippen LogP contribution is -2.36. The maximum Gasteiger partial charge on any atom is 0.416 e. The first kappa shape index (κ1) is 24.2. The van der Waals surface area contributed by atoms with Gasteiger partial charge in [0.2, 0.25) is 5.75 Å². The number of nitro benzene ring substituents is 1. The summed E-state index contributed by atoms with van der Waals surface area (Å²) in [6, 6.07) is 15.4. The highest BCUT2D eigenvalue weighted by Crippen LogP contribution is 2.38. The van der Waals surface area contributed by atoms with Gasteiger partial charge in [-0.15, -0.1) is 0 Å². The quantitative estimate of drug-likeness (QED) is 0.283. The van der Waals surface area contributed by atoms with Crippen LogP contribution in [0.5, 0.6) is 5.75 Å². The Bertz CT molecular complexity index is 1240. The molecular weight excluding hydrogens is 463 g/mol. The number of nitrogens with zero attached hydrogens (tertiary/aromatic N) is 3. The van der Waals surface area contributed by atoms with Crippen LogP contribution in [0.4, 0.5) is 30.2 Å². The molecule has 0 spiro atoms. The van der Waals surface area contributed by atoms with Gasteiger partial charge in [0.15, 0.2) is 0 Å². The summed E-state index contributed by atoms with van der Waals surface area (Å²) in [5.74, 6) is -0.601. The normalized spacial score (nSPS) is 14.4. The summed E-state index contributed by atoms with van der Waals surface area (Å²) in [6.45, 7) is 1.83. The van der Waals surface area contributed by atoms with Crippen molar-refractivity contribution in [3.63, 3.8) is 0 Å². The topological polar surface area (TPSA) is 88.2 Å². The molecule has 4 rings (SSSR count). The van der Waals surface area contributed by atoms with Gasteiger partial charge < -0.3 is 14.7 Å². The maximum atomic E-state index is 13.4. The molecule has 1 N–H and O–H groups in total. The third-order valence-corrected chi connectivity index (χ3v) is 5.62. The fourth-order valence-electron chi connectivity index (χ4n) is 3.89. The molecule has 1 fully saturated rings. The number of hydrogen-bond acceptors (Lipinski definition) is 6. The lowest BCUT2D eigenvalue weighted by molar-refractivity contribution is -0.385. The smallest absolute Gasteiger partial charge is 0.416 e. The summed E-state index contributed by atoms with van der Waals surface area (Å²) < 4.78 is 45.4. The van der Waals surface area contributed by atoms with Gasteiger partial charge in [-0.2, -0.15) is 13.2 Å². The monoisotopic (exact) mass is 485 g/mol. The molecule has 1 aliphatic rings. The van der Waals surface area contributed by atoms with Crippen LogP contribution in [0.25, 0.3) is 0 Å². The number of phenolic OH excluding ortho intramolecular Hbond substituents is 1. The number of hydrogen-bond donors (Lipinski definition) is 1. The van der Waals surface area contributed by atoms with E-state index < -0.39 is 28.1 Å². The van der Waals surface area contributed by atoms with Crippen LogP contribution in [0.3, 0.4) is 0 Å². The first-order chi connectivity index (χ1) is 16.7. The highest BCUT2D eigenvalue weighted by molar-refractivity contribution is 5.89. The minimum atomic E-state index is -4.57. The predicted octanol–water partition coefficient (Wildman–Crippen LogP) is 5.50. The number of ether oxygens (including phenoxy) is 1. The zero-order valence-corrected chi connectivity index (χ0v) is 18.5. The van der Waals surface area contributed by atoms with Crippen molar-refractivity contribution in [3.05, 3.63) is 93.0 Å². The zero-order chi connectivity index (χ0) is 25.0. The van der Waals surface area contributed by atoms with Crippen molar-refractivity contribution in [1.82, 2.24) is 0 Å². The molecule has 0 aromatic heterocycles. The highest BCUT2D eigenvalue weighted by atomic mass is 19.4. The number of morpholine rings is 1. The van der Waals surface area contributed by atoms with Crippen LogP contribution in [0.1, 0.15) is 22.3 Å². The van der Waals surface area contributed by atoms with Crippen molar-refractivity contribution in [1.29, 1.82) is 0 Å². The van der Waals surface area contributed by atoms with E-state index in [1.165, 1.54) is 12.1 Å². The third-order valence-electron chi connectivity index (χ3n) is 5.62. The first-order valence-corrected chi connectivity index (χ1v) is 10.8. The predicted molar refractivity (Wildman–Crippen MR) is 126 cm³/mol. The number of aromatic hydroxyl groups is 1. The second-order valence-electron chi connectivity index (χ2n) is 8.03. The van der Waals surface area contributed by atoms with E-state index in [1.54, 1.807) is 6.07 Å². The fourth-order valence-corrected chi connectivity index (χ4v) is 3.89. The van der Waals surface area contributed by atoms with Crippen LogP contribution < -0.4 is 4.90 Å². The van der Waals surface area contributed by atoms with Gasteiger partial charge in [-0.3, -0.25) is 15.1 Å². The summed E-state index contributed by atoms with van der Waals surface area (Å²) in [4.78, 5) is 16.9. The van der Waals surface area contributed by atoms with E-state index in [0.717, 1.165) is 23.9 Å². The standard InChI is InChI=1S/C25H22F3N3O4/c26-25(27,28)20-6-7-22(30-8-10-35-11-9-30)21(15-20)29-16-19-13-18(12-17-4-2-1-3-5-17)14-23(24(19)32)31(33)34/h1-7,13-16,32H,8-12H2. The Hall–Kier alpha value is -3.92. The Morgan fingerprint density at radius 3 is 2.43 bits per heavy atom. The first-order valence-electron chi connectivity index (χ1n) is 10.8. The summed E-state index contributed by atoms with van der Waals surface area (Å²) >= 11 is 0. The fraction of sp³-hybridized carbons (Fsp3) is 0.240. The number of alkyl halides is 3. The molecule has 7 nitrogen and oxygen atoms in total. The summed E-state index contributed by atoms with van der Waals surface area (Å²) in [5, 5.41) is 22.0. The molecule has 1 heterocycles. The van der Waals surface area contributed by atoms with Crippen molar-refractivity contribution in [3.8, 4) is 5.75 Å². The number of benzene rings is 3. The van der Waals surface area contributed by atoms with Gasteiger partial charge in [0.05, 0.1) is 35.1 Å². The van der Waals surface area contributed by atoms with Gasteiger partial charge in [0.25, 0.3) is 0 Å². The van der Waals surface area contributed by atoms with Crippen LogP contribution in [0.2, 0.25) is 0 Å². The molecule has 0 aliphatic carbocycles. The van der Waals surface area contributed by atoms with Crippen LogP contribution >= 0.6 is 0 Å². The van der Waals surface area contributed by atoms with E-state index in [9.17, 15) is 28.4 Å². The maximum absolute atomic E-state index is 13.4. The van der Waals surface area contributed by atoms with Gasteiger partial charge in [-0.1, -0.05) is 30.3 Å². The Labute approximate surface area is 199 Å². The lowest BCUT2D eigenvalue weighted by Gasteiger charge is -2.30.